The highest BCUT2D eigenvalue weighted by Crippen LogP contribution is 2.19. The fourth-order valence-corrected chi connectivity index (χ4v) is 3.75. The normalized spacial score (nSPS) is 12.5. The van der Waals surface area contributed by atoms with Gasteiger partial charge < -0.3 is 10.2 Å². The van der Waals surface area contributed by atoms with Gasteiger partial charge in [0.2, 0.25) is 10.0 Å². The summed E-state index contributed by atoms with van der Waals surface area (Å²) in [6.45, 7) is 5.97. The Hall–Kier alpha value is -0.470. The summed E-state index contributed by atoms with van der Waals surface area (Å²) in [5.41, 5.74) is 0.993. The van der Waals surface area contributed by atoms with Gasteiger partial charge in [0, 0.05) is 25.7 Å². The first-order valence-corrected chi connectivity index (χ1v) is 8.65. The molecule has 0 radical (unpaired) electrons. The third-order valence-electron chi connectivity index (χ3n) is 2.91. The largest absolute Gasteiger partial charge is 0.316 e. The molecular weight excluding hydrogens is 282 g/mol. The first-order chi connectivity index (χ1) is 8.86. The van der Waals surface area contributed by atoms with E-state index in [4.69, 9.17) is 0 Å². The van der Waals surface area contributed by atoms with Gasteiger partial charge in [0.05, 0.1) is 0 Å². The van der Waals surface area contributed by atoms with Crippen molar-refractivity contribution >= 4 is 21.4 Å². The number of hydrogen-bond acceptors (Lipinski definition) is 5. The van der Waals surface area contributed by atoms with Crippen LogP contribution in [0, 0.1) is 0 Å². The molecule has 0 aliphatic rings. The Morgan fingerprint density at radius 2 is 2.11 bits per heavy atom. The number of rotatable bonds is 8. The quantitative estimate of drug-likeness (QED) is 0.755. The fraction of sp³-hybridized carbons (Fsp3) is 0.667. The van der Waals surface area contributed by atoms with E-state index in [1.54, 1.807) is 6.07 Å². The summed E-state index contributed by atoms with van der Waals surface area (Å²) in [5, 5.41) is 4.87. The van der Waals surface area contributed by atoms with Crippen LogP contribution in [0.4, 0.5) is 0 Å². The third-order valence-corrected chi connectivity index (χ3v) is 5.86. The molecule has 0 atom stereocenters. The number of sulfonamides is 1. The van der Waals surface area contributed by atoms with Crippen LogP contribution in [0.5, 0.6) is 0 Å². The molecule has 0 spiro atoms. The second kappa shape index (κ2) is 7.35. The number of nitrogens with zero attached hydrogens (tertiary/aromatic N) is 1. The Morgan fingerprint density at radius 3 is 2.68 bits per heavy atom. The molecule has 0 bridgehead atoms. The minimum absolute atomic E-state index is 0.380. The zero-order valence-corrected chi connectivity index (χ0v) is 13.6. The van der Waals surface area contributed by atoms with Gasteiger partial charge in [-0.2, -0.15) is 0 Å². The summed E-state index contributed by atoms with van der Waals surface area (Å²) in [5.74, 6) is 0. The second-order valence-corrected chi connectivity index (χ2v) is 7.68. The van der Waals surface area contributed by atoms with Crippen molar-refractivity contribution in [3.05, 3.63) is 17.0 Å². The molecule has 0 saturated carbocycles. The first-order valence-electron chi connectivity index (χ1n) is 6.28. The van der Waals surface area contributed by atoms with Crippen LogP contribution in [0.15, 0.2) is 15.7 Å². The van der Waals surface area contributed by atoms with Crippen molar-refractivity contribution < 1.29 is 8.42 Å². The molecule has 19 heavy (non-hydrogen) atoms. The summed E-state index contributed by atoms with van der Waals surface area (Å²) >= 11 is 1.26. The van der Waals surface area contributed by atoms with Crippen molar-refractivity contribution in [3.8, 4) is 0 Å². The maximum Gasteiger partial charge on any atom is 0.250 e. The molecule has 0 fully saturated rings. The second-order valence-electron chi connectivity index (χ2n) is 4.78. The molecule has 110 valence electrons. The smallest absolute Gasteiger partial charge is 0.250 e. The lowest BCUT2D eigenvalue weighted by Crippen LogP contribution is -2.35. The average molecular weight is 305 g/mol. The highest BCUT2D eigenvalue weighted by Gasteiger charge is 2.16. The van der Waals surface area contributed by atoms with Gasteiger partial charge in [-0.25, -0.2) is 13.1 Å². The minimum Gasteiger partial charge on any atom is -0.316 e. The number of nitrogens with one attached hydrogen (secondary N) is 2. The maximum atomic E-state index is 12.1. The Morgan fingerprint density at radius 1 is 1.42 bits per heavy atom. The van der Waals surface area contributed by atoms with Crippen molar-refractivity contribution in [3.63, 3.8) is 0 Å². The van der Waals surface area contributed by atoms with Crippen LogP contribution in [-0.4, -0.2) is 46.5 Å². The lowest BCUT2D eigenvalue weighted by molar-refractivity contribution is 0.278. The Balaban J connectivity index is 2.55. The van der Waals surface area contributed by atoms with Crippen LogP contribution in [0.2, 0.25) is 0 Å². The lowest BCUT2D eigenvalue weighted by Gasteiger charge is -2.20. The van der Waals surface area contributed by atoms with Crippen LogP contribution in [0.1, 0.15) is 19.4 Å². The molecule has 1 rings (SSSR count). The average Bonchev–Trinajstić information content (AvgIpc) is 2.78. The SMILES string of the molecule is CNCc1csc(S(=O)(=O)NCCN(C)C(C)C)c1. The van der Waals surface area contributed by atoms with E-state index in [2.05, 4.69) is 28.8 Å². The van der Waals surface area contributed by atoms with Gasteiger partial charge in [0.25, 0.3) is 0 Å². The molecule has 0 unspecified atom stereocenters. The van der Waals surface area contributed by atoms with Gasteiger partial charge in [-0.3, -0.25) is 0 Å². The zero-order valence-electron chi connectivity index (χ0n) is 11.9. The van der Waals surface area contributed by atoms with E-state index < -0.39 is 10.0 Å². The van der Waals surface area contributed by atoms with E-state index in [-0.39, 0.29) is 0 Å². The lowest BCUT2D eigenvalue weighted by atomic mass is 10.3. The van der Waals surface area contributed by atoms with Crippen molar-refractivity contribution in [2.24, 2.45) is 0 Å². The van der Waals surface area contributed by atoms with Crippen molar-refractivity contribution in [2.75, 3.05) is 27.2 Å². The van der Waals surface area contributed by atoms with Gasteiger partial charge in [-0.1, -0.05) is 0 Å². The molecule has 7 heteroatoms. The van der Waals surface area contributed by atoms with Crippen molar-refractivity contribution in [1.29, 1.82) is 0 Å². The summed E-state index contributed by atoms with van der Waals surface area (Å²) in [6.07, 6.45) is 0. The maximum absolute atomic E-state index is 12.1. The molecular formula is C12H23N3O2S2. The van der Waals surface area contributed by atoms with E-state index >= 15 is 0 Å². The fourth-order valence-electron chi connectivity index (χ4n) is 1.48. The topological polar surface area (TPSA) is 61.4 Å². The predicted molar refractivity (Wildman–Crippen MR) is 80.0 cm³/mol. The highest BCUT2D eigenvalue weighted by molar-refractivity contribution is 7.91. The predicted octanol–water partition coefficient (Wildman–Crippen LogP) is 1.09. The summed E-state index contributed by atoms with van der Waals surface area (Å²) in [4.78, 5) is 2.10. The van der Waals surface area contributed by atoms with Gasteiger partial charge >= 0.3 is 0 Å². The monoisotopic (exact) mass is 305 g/mol. The van der Waals surface area contributed by atoms with Crippen LogP contribution in [-0.2, 0) is 16.6 Å². The molecule has 1 heterocycles. The van der Waals surface area contributed by atoms with Crippen LogP contribution >= 0.6 is 11.3 Å². The third kappa shape index (κ3) is 5.19. The van der Waals surface area contributed by atoms with E-state index in [9.17, 15) is 8.42 Å². The summed E-state index contributed by atoms with van der Waals surface area (Å²) < 4.78 is 27.1. The summed E-state index contributed by atoms with van der Waals surface area (Å²) in [7, 11) is 0.455. The van der Waals surface area contributed by atoms with Gasteiger partial charge in [-0.05, 0) is 45.0 Å². The molecule has 0 saturated heterocycles. The van der Waals surface area contributed by atoms with Gasteiger partial charge in [0.15, 0.2) is 0 Å². The summed E-state index contributed by atoms with van der Waals surface area (Å²) in [6, 6.07) is 2.13. The minimum atomic E-state index is -3.37. The van der Waals surface area contributed by atoms with E-state index in [0.29, 0.717) is 29.9 Å². The van der Waals surface area contributed by atoms with Crippen molar-refractivity contribution in [2.45, 2.75) is 30.6 Å². The van der Waals surface area contributed by atoms with Crippen LogP contribution in [0.3, 0.4) is 0 Å². The number of likely N-dealkylation sites (N-methyl/N-ethyl adjacent to an activating group) is 1. The molecule has 0 amide bonds. The molecule has 5 nitrogen and oxygen atoms in total. The molecule has 1 aromatic heterocycles. The van der Waals surface area contributed by atoms with E-state index in [0.717, 1.165) is 5.56 Å². The molecule has 2 N–H and O–H groups in total. The van der Waals surface area contributed by atoms with E-state index in [1.807, 2.05) is 19.5 Å². The number of thiophene rings is 1. The van der Waals surface area contributed by atoms with Crippen LogP contribution in [0.25, 0.3) is 0 Å². The Labute approximate surface area is 120 Å². The zero-order chi connectivity index (χ0) is 14.5. The molecule has 0 aliphatic heterocycles. The van der Waals surface area contributed by atoms with Gasteiger partial charge in [-0.15, -0.1) is 11.3 Å². The Kier molecular flexibility index (Phi) is 6.41. The Bertz CT molecular complexity index is 483. The first kappa shape index (κ1) is 16.6. The van der Waals surface area contributed by atoms with Crippen LogP contribution < -0.4 is 10.0 Å². The highest BCUT2D eigenvalue weighted by atomic mass is 32.2. The molecule has 0 aromatic carbocycles. The van der Waals surface area contributed by atoms with Crippen molar-refractivity contribution in [1.82, 2.24) is 14.9 Å². The molecule has 0 aliphatic carbocycles. The molecule has 1 aromatic rings. The van der Waals surface area contributed by atoms with E-state index in [1.165, 1.54) is 11.3 Å². The van der Waals surface area contributed by atoms with Gasteiger partial charge in [0.1, 0.15) is 4.21 Å². The number of hydrogen-bond donors (Lipinski definition) is 2. The standard InChI is InChI=1S/C12H23N3O2S2/c1-10(2)15(4)6-5-14-19(16,17)12-7-11(8-13-3)9-18-12/h7,9-10,13-14H,5-6,8H2,1-4H3.